The smallest absolute Gasteiger partial charge is 0.271 e. The van der Waals surface area contributed by atoms with Crippen LogP contribution in [0.15, 0.2) is 59.7 Å². The number of rotatable bonds is 8. The molecule has 188 valence electrons. The van der Waals surface area contributed by atoms with Crippen LogP contribution in [0.5, 0.6) is 11.5 Å². The zero-order chi connectivity index (χ0) is 25.5. The van der Waals surface area contributed by atoms with Gasteiger partial charge in [0.05, 0.1) is 11.2 Å². The fraction of sp³-hybridized carbons (Fsp3) is 0.321. The fourth-order valence-corrected chi connectivity index (χ4v) is 4.78. The summed E-state index contributed by atoms with van der Waals surface area (Å²) in [5.74, 6) is 0.465. The van der Waals surface area contributed by atoms with Crippen molar-refractivity contribution >= 4 is 40.4 Å². The first-order chi connectivity index (χ1) is 17.4. The topological polar surface area (TPSA) is 100 Å². The second kappa shape index (κ2) is 11.9. The van der Waals surface area contributed by atoms with Gasteiger partial charge in [-0.3, -0.25) is 9.59 Å². The number of hydrogen-bond donors (Lipinski definition) is 3. The summed E-state index contributed by atoms with van der Waals surface area (Å²) < 4.78 is 5.89. The lowest BCUT2D eigenvalue weighted by Crippen LogP contribution is -2.41. The van der Waals surface area contributed by atoms with E-state index < -0.39 is 5.91 Å². The maximum absolute atomic E-state index is 12.5. The summed E-state index contributed by atoms with van der Waals surface area (Å²) in [7, 11) is 0. The predicted octanol–water partition coefficient (Wildman–Crippen LogP) is 5.43. The highest BCUT2D eigenvalue weighted by atomic mass is 35.5. The van der Waals surface area contributed by atoms with Crippen molar-refractivity contribution in [3.8, 4) is 11.5 Å². The third kappa shape index (κ3) is 6.34. The summed E-state index contributed by atoms with van der Waals surface area (Å²) in [6.07, 6.45) is 7.63. The van der Waals surface area contributed by atoms with Gasteiger partial charge < -0.3 is 15.2 Å². The van der Waals surface area contributed by atoms with E-state index in [1.54, 1.807) is 12.3 Å². The molecule has 0 aromatic heterocycles. The minimum atomic E-state index is -0.453. The Balaban J connectivity index is 1.39. The first-order valence-electron chi connectivity index (χ1n) is 12.2. The average molecular weight is 508 g/mol. The van der Waals surface area contributed by atoms with Gasteiger partial charge in [-0.25, -0.2) is 5.43 Å². The molecule has 3 N–H and O–H groups in total. The molecule has 0 saturated heterocycles. The molecule has 1 unspecified atom stereocenters. The number of amides is 2. The SMILES string of the molecule is CC(NC(=O)COc1ccc(/C=N/NC(=O)c2ccc(O)c(Cl)c2)c2ccccc12)C1CCCCC1. The number of fused-ring (bicyclic) bond motifs is 1. The van der Waals surface area contributed by atoms with Crippen molar-refractivity contribution in [3.05, 3.63) is 70.7 Å². The fourth-order valence-electron chi connectivity index (χ4n) is 4.60. The van der Waals surface area contributed by atoms with Crippen LogP contribution in [0, 0.1) is 5.92 Å². The normalized spacial score (nSPS) is 15.1. The van der Waals surface area contributed by atoms with Crippen LogP contribution in [0.2, 0.25) is 5.02 Å². The van der Waals surface area contributed by atoms with E-state index in [0.29, 0.717) is 11.7 Å². The molecule has 7 nitrogen and oxygen atoms in total. The van der Waals surface area contributed by atoms with Gasteiger partial charge >= 0.3 is 0 Å². The third-order valence-electron chi connectivity index (χ3n) is 6.60. The van der Waals surface area contributed by atoms with Gasteiger partial charge in [0, 0.05) is 22.6 Å². The monoisotopic (exact) mass is 507 g/mol. The maximum atomic E-state index is 12.5. The molecule has 2 amide bonds. The van der Waals surface area contributed by atoms with Crippen molar-refractivity contribution in [2.75, 3.05) is 6.61 Å². The van der Waals surface area contributed by atoms with Gasteiger partial charge in [0.1, 0.15) is 11.5 Å². The predicted molar refractivity (Wildman–Crippen MR) is 142 cm³/mol. The van der Waals surface area contributed by atoms with Crippen molar-refractivity contribution in [2.24, 2.45) is 11.0 Å². The van der Waals surface area contributed by atoms with Crippen LogP contribution in [-0.2, 0) is 4.79 Å². The zero-order valence-electron chi connectivity index (χ0n) is 20.2. The highest BCUT2D eigenvalue weighted by molar-refractivity contribution is 6.32. The number of hydrazone groups is 1. The lowest BCUT2D eigenvalue weighted by Gasteiger charge is -2.28. The number of phenolic OH excluding ortho intramolecular Hbond substituents is 1. The van der Waals surface area contributed by atoms with E-state index in [9.17, 15) is 14.7 Å². The Labute approximate surface area is 215 Å². The molecule has 1 aliphatic carbocycles. The quantitative estimate of drug-likeness (QED) is 0.280. The van der Waals surface area contributed by atoms with E-state index in [-0.39, 0.29) is 34.9 Å². The number of carbonyl (C=O) groups is 2. The van der Waals surface area contributed by atoms with E-state index in [1.807, 2.05) is 30.3 Å². The number of nitrogens with zero attached hydrogens (tertiary/aromatic N) is 1. The van der Waals surface area contributed by atoms with Crippen LogP contribution in [0.25, 0.3) is 10.8 Å². The lowest BCUT2D eigenvalue weighted by molar-refractivity contribution is -0.124. The highest BCUT2D eigenvalue weighted by Crippen LogP contribution is 2.29. The third-order valence-corrected chi connectivity index (χ3v) is 6.90. The van der Waals surface area contributed by atoms with Crippen LogP contribution in [-0.4, -0.2) is 35.8 Å². The number of halogens is 1. The molecule has 0 aliphatic heterocycles. The molecule has 1 saturated carbocycles. The van der Waals surface area contributed by atoms with E-state index >= 15 is 0 Å². The number of aromatic hydroxyl groups is 1. The molecule has 1 aliphatic rings. The van der Waals surface area contributed by atoms with Crippen molar-refractivity contribution in [1.29, 1.82) is 0 Å². The average Bonchev–Trinajstić information content (AvgIpc) is 2.90. The molecule has 8 heteroatoms. The molecule has 0 heterocycles. The maximum Gasteiger partial charge on any atom is 0.271 e. The molecule has 36 heavy (non-hydrogen) atoms. The molecule has 3 aromatic rings. The largest absolute Gasteiger partial charge is 0.506 e. The standard InChI is InChI=1S/C28H30ClN3O4/c1-18(19-7-3-2-4-8-19)31-27(34)17-36-26-14-12-21(22-9-5-6-10-23(22)26)16-30-32-28(35)20-11-13-25(33)24(29)15-20/h5-6,9-16,18-19,33H,2-4,7-8,17H2,1H3,(H,31,34)(H,32,35)/b30-16+. The Morgan fingerprint density at radius 2 is 1.86 bits per heavy atom. The number of ether oxygens (including phenoxy) is 1. The molecule has 0 bridgehead atoms. The number of carbonyl (C=O) groups excluding carboxylic acids is 2. The second-order valence-electron chi connectivity index (χ2n) is 9.11. The van der Waals surface area contributed by atoms with E-state index in [2.05, 4.69) is 22.8 Å². The van der Waals surface area contributed by atoms with Crippen LogP contribution in [0.3, 0.4) is 0 Å². The number of nitrogens with one attached hydrogen (secondary N) is 2. The second-order valence-corrected chi connectivity index (χ2v) is 9.51. The number of hydrogen-bond acceptors (Lipinski definition) is 5. The van der Waals surface area contributed by atoms with Gasteiger partial charge in [-0.15, -0.1) is 0 Å². The highest BCUT2D eigenvalue weighted by Gasteiger charge is 2.21. The molecule has 4 rings (SSSR count). The Morgan fingerprint density at radius 3 is 2.61 bits per heavy atom. The minimum Gasteiger partial charge on any atom is -0.506 e. The molecule has 0 radical (unpaired) electrons. The summed E-state index contributed by atoms with van der Waals surface area (Å²) >= 11 is 5.87. The van der Waals surface area contributed by atoms with Gasteiger partial charge in [-0.2, -0.15) is 5.10 Å². The summed E-state index contributed by atoms with van der Waals surface area (Å²) in [5, 5.41) is 18.5. The van der Waals surface area contributed by atoms with Gasteiger partial charge in [0.15, 0.2) is 6.61 Å². The van der Waals surface area contributed by atoms with Crippen molar-refractivity contribution in [2.45, 2.75) is 45.1 Å². The van der Waals surface area contributed by atoms with Gasteiger partial charge in [-0.05, 0) is 61.4 Å². The zero-order valence-corrected chi connectivity index (χ0v) is 20.9. The summed E-state index contributed by atoms with van der Waals surface area (Å²) in [5.41, 5.74) is 3.52. The van der Waals surface area contributed by atoms with Crippen LogP contribution in [0.1, 0.15) is 54.9 Å². The molecule has 1 fully saturated rings. The Bertz CT molecular complexity index is 1270. The van der Waals surface area contributed by atoms with Crippen molar-refractivity contribution < 1.29 is 19.4 Å². The van der Waals surface area contributed by atoms with Crippen molar-refractivity contribution in [3.63, 3.8) is 0 Å². The summed E-state index contributed by atoms with van der Waals surface area (Å²) in [4.78, 5) is 24.8. The Morgan fingerprint density at radius 1 is 1.11 bits per heavy atom. The Kier molecular flexibility index (Phi) is 8.44. The van der Waals surface area contributed by atoms with Gasteiger partial charge in [-0.1, -0.05) is 55.1 Å². The lowest BCUT2D eigenvalue weighted by atomic mass is 9.84. The molecule has 0 spiro atoms. The van der Waals surface area contributed by atoms with E-state index in [1.165, 1.54) is 50.3 Å². The molecule has 1 atom stereocenters. The summed E-state index contributed by atoms with van der Waals surface area (Å²) in [6.45, 7) is 2.02. The van der Waals surface area contributed by atoms with Crippen LogP contribution in [0.4, 0.5) is 0 Å². The first-order valence-corrected chi connectivity index (χ1v) is 12.6. The summed E-state index contributed by atoms with van der Waals surface area (Å²) in [6, 6.07) is 15.6. The number of benzene rings is 3. The molecular weight excluding hydrogens is 478 g/mol. The molecule has 3 aromatic carbocycles. The van der Waals surface area contributed by atoms with E-state index in [4.69, 9.17) is 16.3 Å². The minimum absolute atomic E-state index is 0.0558. The molecular formula is C28H30ClN3O4. The van der Waals surface area contributed by atoms with Gasteiger partial charge in [0.2, 0.25) is 0 Å². The number of phenols is 1. The van der Waals surface area contributed by atoms with Crippen molar-refractivity contribution in [1.82, 2.24) is 10.7 Å². The van der Waals surface area contributed by atoms with Gasteiger partial charge in [0.25, 0.3) is 11.8 Å². The first kappa shape index (κ1) is 25.5. The van der Waals surface area contributed by atoms with E-state index in [0.717, 1.165) is 16.3 Å². The van der Waals surface area contributed by atoms with Crippen LogP contribution >= 0.6 is 11.6 Å². The van der Waals surface area contributed by atoms with Crippen LogP contribution < -0.4 is 15.5 Å². The Hall–Kier alpha value is -3.58.